The van der Waals surface area contributed by atoms with Crippen molar-refractivity contribution in [1.82, 2.24) is 9.80 Å². The van der Waals surface area contributed by atoms with E-state index in [4.69, 9.17) is 0 Å². The van der Waals surface area contributed by atoms with E-state index in [1.54, 1.807) is 0 Å². The Morgan fingerprint density at radius 3 is 2.36 bits per heavy atom. The van der Waals surface area contributed by atoms with Crippen molar-refractivity contribution in [3.63, 3.8) is 0 Å². The van der Waals surface area contributed by atoms with Gasteiger partial charge in [-0.3, -0.25) is 0 Å². The fraction of sp³-hybridized carbons (Fsp3) is 0.467. The maximum Gasteiger partial charge on any atom is 0.135 e. The number of thioether (sulfide) groups is 1. The molecule has 0 unspecified atom stereocenters. The van der Waals surface area contributed by atoms with Crippen LogP contribution in [0.15, 0.2) is 49.6 Å². The number of hydrogen-bond acceptors (Lipinski definition) is 4. The van der Waals surface area contributed by atoms with Crippen LogP contribution in [0.25, 0.3) is 5.70 Å². The number of likely N-dealkylation sites (tertiary alicyclic amines) is 1. The SMILES string of the molecule is C=CC1(c2cc(C)ccc2NC)CCN(CCCc2cc(F)c(C(=C)N3CCSCC3)c(F)c2)CC1. The molecule has 0 saturated carbocycles. The monoisotopic (exact) mass is 511 g/mol. The van der Waals surface area contributed by atoms with Crippen molar-refractivity contribution in [2.45, 2.75) is 38.0 Å². The van der Waals surface area contributed by atoms with E-state index in [0.717, 1.165) is 63.5 Å². The number of hydrogen-bond donors (Lipinski definition) is 1. The van der Waals surface area contributed by atoms with Crippen LogP contribution in [0.5, 0.6) is 0 Å². The summed E-state index contributed by atoms with van der Waals surface area (Å²) < 4.78 is 29.8. The van der Waals surface area contributed by atoms with Gasteiger partial charge in [0.05, 0.1) is 5.56 Å². The molecule has 36 heavy (non-hydrogen) atoms. The van der Waals surface area contributed by atoms with Gasteiger partial charge in [-0.25, -0.2) is 8.78 Å². The van der Waals surface area contributed by atoms with Crippen LogP contribution in [-0.2, 0) is 11.8 Å². The topological polar surface area (TPSA) is 18.5 Å². The Kier molecular flexibility index (Phi) is 8.78. The van der Waals surface area contributed by atoms with Crippen LogP contribution in [0, 0.1) is 18.6 Å². The largest absolute Gasteiger partial charge is 0.388 e. The molecule has 0 bridgehead atoms. The van der Waals surface area contributed by atoms with Gasteiger partial charge in [0.15, 0.2) is 0 Å². The van der Waals surface area contributed by atoms with Crippen molar-refractivity contribution >= 4 is 23.1 Å². The summed E-state index contributed by atoms with van der Waals surface area (Å²) in [5, 5.41) is 3.35. The van der Waals surface area contributed by atoms with Crippen molar-refractivity contribution in [2.75, 3.05) is 56.6 Å². The van der Waals surface area contributed by atoms with E-state index in [2.05, 4.69) is 54.6 Å². The van der Waals surface area contributed by atoms with E-state index in [1.807, 2.05) is 23.7 Å². The summed E-state index contributed by atoms with van der Waals surface area (Å²) in [6, 6.07) is 9.58. The van der Waals surface area contributed by atoms with Crippen LogP contribution in [0.2, 0.25) is 0 Å². The standard InChI is InChI=1S/C30H39F2N3S/c1-5-30(25-19-22(2)8-9-28(25)33-4)10-13-34(14-11-30)12-6-7-24-20-26(31)29(27(32)21-24)23(3)35-15-17-36-18-16-35/h5,8-9,19-21,33H,1,3,6-7,10-18H2,2,4H3. The summed E-state index contributed by atoms with van der Waals surface area (Å²) in [4.78, 5) is 4.46. The highest BCUT2D eigenvalue weighted by atomic mass is 32.2. The number of nitrogens with zero attached hydrogens (tertiary/aromatic N) is 2. The maximum absolute atomic E-state index is 14.9. The van der Waals surface area contributed by atoms with Crippen LogP contribution in [0.3, 0.4) is 0 Å². The van der Waals surface area contributed by atoms with Gasteiger partial charge in [0.25, 0.3) is 0 Å². The number of aryl methyl sites for hydroxylation is 2. The van der Waals surface area contributed by atoms with E-state index in [1.165, 1.54) is 28.9 Å². The summed E-state index contributed by atoms with van der Waals surface area (Å²) in [6.45, 7) is 14.8. The minimum atomic E-state index is -0.500. The Morgan fingerprint density at radius 1 is 1.08 bits per heavy atom. The molecular weight excluding hydrogens is 472 g/mol. The van der Waals surface area contributed by atoms with E-state index in [0.29, 0.717) is 17.7 Å². The second kappa shape index (κ2) is 11.8. The highest BCUT2D eigenvalue weighted by molar-refractivity contribution is 7.99. The zero-order chi connectivity index (χ0) is 25.7. The van der Waals surface area contributed by atoms with Gasteiger partial charge in [-0.2, -0.15) is 11.8 Å². The average Bonchev–Trinajstić information content (AvgIpc) is 2.89. The van der Waals surface area contributed by atoms with Gasteiger partial charge in [0, 0.05) is 48.4 Å². The fourth-order valence-corrected chi connectivity index (χ4v) is 6.49. The predicted molar refractivity (Wildman–Crippen MR) is 151 cm³/mol. The van der Waals surface area contributed by atoms with Crippen LogP contribution in [0.1, 0.15) is 41.5 Å². The number of nitrogens with one attached hydrogen (secondary N) is 1. The van der Waals surface area contributed by atoms with Crippen LogP contribution in [-0.4, -0.2) is 61.1 Å². The van der Waals surface area contributed by atoms with E-state index < -0.39 is 11.6 Å². The molecule has 6 heteroatoms. The first kappa shape index (κ1) is 26.7. The summed E-state index contributed by atoms with van der Waals surface area (Å²) in [7, 11) is 1.97. The lowest BCUT2D eigenvalue weighted by molar-refractivity contribution is 0.181. The number of halogens is 2. The fourth-order valence-electron chi connectivity index (χ4n) is 5.59. The highest BCUT2D eigenvalue weighted by Gasteiger charge is 2.35. The van der Waals surface area contributed by atoms with Gasteiger partial charge in [0.2, 0.25) is 0 Å². The second-order valence-corrected chi connectivity index (χ2v) is 11.3. The minimum Gasteiger partial charge on any atom is -0.388 e. The first-order chi connectivity index (χ1) is 17.4. The first-order valence-corrected chi connectivity index (χ1v) is 14.2. The molecule has 4 rings (SSSR count). The number of rotatable bonds is 9. The molecule has 0 aromatic heterocycles. The van der Waals surface area contributed by atoms with Gasteiger partial charge in [0.1, 0.15) is 11.6 Å². The minimum absolute atomic E-state index is 0.0273. The lowest BCUT2D eigenvalue weighted by Crippen LogP contribution is -2.42. The third kappa shape index (κ3) is 5.81. The lowest BCUT2D eigenvalue weighted by atomic mass is 9.72. The molecule has 3 nitrogen and oxygen atoms in total. The summed E-state index contributed by atoms with van der Waals surface area (Å²) in [6.07, 6.45) is 5.69. The predicted octanol–water partition coefficient (Wildman–Crippen LogP) is 6.49. The molecule has 2 aliphatic heterocycles. The Bertz CT molecular complexity index is 1060. The summed E-state index contributed by atoms with van der Waals surface area (Å²) >= 11 is 1.86. The van der Waals surface area contributed by atoms with Crippen molar-refractivity contribution in [3.05, 3.63) is 83.5 Å². The molecule has 2 aromatic carbocycles. The van der Waals surface area contributed by atoms with Gasteiger partial charge in [-0.05, 0) is 81.6 Å². The van der Waals surface area contributed by atoms with Crippen molar-refractivity contribution < 1.29 is 8.78 Å². The molecule has 0 spiro atoms. The number of piperidine rings is 1. The quantitative estimate of drug-likeness (QED) is 0.388. The molecule has 2 aliphatic rings. The Morgan fingerprint density at radius 2 is 1.75 bits per heavy atom. The molecule has 2 fully saturated rings. The van der Waals surface area contributed by atoms with Gasteiger partial charge in [-0.15, -0.1) is 6.58 Å². The lowest BCUT2D eigenvalue weighted by Gasteiger charge is -2.41. The molecule has 0 radical (unpaired) electrons. The molecule has 1 N–H and O–H groups in total. The molecule has 194 valence electrons. The maximum atomic E-state index is 14.9. The second-order valence-electron chi connectivity index (χ2n) is 10.1. The zero-order valence-electron chi connectivity index (χ0n) is 21.7. The molecule has 0 aliphatic carbocycles. The Hall–Kier alpha value is -2.31. The molecule has 2 saturated heterocycles. The number of benzene rings is 2. The average molecular weight is 512 g/mol. The zero-order valence-corrected chi connectivity index (χ0v) is 22.5. The van der Waals surface area contributed by atoms with Gasteiger partial charge in [-0.1, -0.05) is 30.4 Å². The third-order valence-corrected chi connectivity index (χ3v) is 8.79. The molecule has 0 amide bonds. The first-order valence-electron chi connectivity index (χ1n) is 13.0. The van der Waals surface area contributed by atoms with E-state index >= 15 is 0 Å². The molecule has 0 atom stereocenters. The van der Waals surface area contributed by atoms with Crippen LogP contribution >= 0.6 is 11.8 Å². The normalized spacial score (nSPS) is 18.2. The highest BCUT2D eigenvalue weighted by Crippen LogP contribution is 2.41. The smallest absolute Gasteiger partial charge is 0.135 e. The van der Waals surface area contributed by atoms with E-state index in [-0.39, 0.29) is 11.0 Å². The molecule has 2 heterocycles. The number of anilines is 1. The van der Waals surface area contributed by atoms with Crippen molar-refractivity contribution in [3.8, 4) is 0 Å². The number of allylic oxidation sites excluding steroid dienone is 1. The Labute approximate surface area is 219 Å². The van der Waals surface area contributed by atoms with Gasteiger partial charge >= 0.3 is 0 Å². The van der Waals surface area contributed by atoms with Gasteiger partial charge < -0.3 is 15.1 Å². The van der Waals surface area contributed by atoms with Crippen LogP contribution in [0.4, 0.5) is 14.5 Å². The molecular formula is C30H39F2N3S. The van der Waals surface area contributed by atoms with Crippen molar-refractivity contribution in [2.24, 2.45) is 0 Å². The summed E-state index contributed by atoms with van der Waals surface area (Å²) in [5.41, 5.74) is 4.94. The Balaban J connectivity index is 1.33. The third-order valence-electron chi connectivity index (χ3n) is 7.84. The molecule has 2 aromatic rings. The summed E-state index contributed by atoms with van der Waals surface area (Å²) in [5.74, 6) is 0.930. The van der Waals surface area contributed by atoms with E-state index in [9.17, 15) is 8.78 Å². The van der Waals surface area contributed by atoms with Crippen molar-refractivity contribution in [1.29, 1.82) is 0 Å². The van der Waals surface area contributed by atoms with Crippen LogP contribution < -0.4 is 5.32 Å².